The van der Waals surface area contributed by atoms with E-state index in [1.54, 1.807) is 17.8 Å². The molecule has 0 radical (unpaired) electrons. The van der Waals surface area contributed by atoms with Crippen LogP contribution in [0.5, 0.6) is 0 Å². The van der Waals surface area contributed by atoms with E-state index in [0.717, 1.165) is 5.16 Å². The summed E-state index contributed by atoms with van der Waals surface area (Å²) in [5, 5.41) is 8.07. The van der Waals surface area contributed by atoms with Gasteiger partial charge in [0.05, 0.1) is 0 Å². The summed E-state index contributed by atoms with van der Waals surface area (Å²) in [4.78, 5) is 3.98. The molecule has 1 N–H and O–H groups in total. The van der Waals surface area contributed by atoms with Crippen molar-refractivity contribution in [2.24, 2.45) is 7.05 Å². The van der Waals surface area contributed by atoms with E-state index < -0.39 is 0 Å². The van der Waals surface area contributed by atoms with Gasteiger partial charge in [-0.1, -0.05) is 11.8 Å². The third-order valence-electron chi connectivity index (χ3n) is 1.16. The molecule has 3 nitrogen and oxygen atoms in total. The van der Waals surface area contributed by atoms with Crippen LogP contribution in [0.3, 0.4) is 0 Å². The first kappa shape index (κ1) is 7.34. The first-order valence-corrected chi connectivity index (χ1v) is 4.09. The molecular formula is C6H9N3S. The zero-order chi connectivity index (χ0) is 7.56. The molecule has 0 aromatic carbocycles. The van der Waals surface area contributed by atoms with E-state index in [0.29, 0.717) is 5.49 Å². The minimum Gasteiger partial charge on any atom is -0.330 e. The molecule has 1 aromatic rings. The second-order valence-electron chi connectivity index (χ2n) is 1.91. The predicted molar refractivity (Wildman–Crippen MR) is 40.8 cm³/mol. The van der Waals surface area contributed by atoms with Crippen LogP contribution in [0.25, 0.3) is 0 Å². The maximum absolute atomic E-state index is 7.20. The van der Waals surface area contributed by atoms with Gasteiger partial charge in [0.1, 0.15) is 5.49 Å². The molecule has 1 rings (SSSR count). The van der Waals surface area contributed by atoms with Gasteiger partial charge in [0.25, 0.3) is 0 Å². The molecule has 0 saturated carbocycles. The van der Waals surface area contributed by atoms with Crippen LogP contribution in [0.1, 0.15) is 0 Å². The van der Waals surface area contributed by atoms with Crippen molar-refractivity contribution < 1.29 is 0 Å². The van der Waals surface area contributed by atoms with Crippen LogP contribution in [-0.2, 0) is 7.05 Å². The summed E-state index contributed by atoms with van der Waals surface area (Å²) in [6, 6.07) is 1.67. The lowest BCUT2D eigenvalue weighted by Crippen LogP contribution is -2.10. The number of nitrogens with one attached hydrogen (secondary N) is 1. The van der Waals surface area contributed by atoms with E-state index >= 15 is 0 Å². The van der Waals surface area contributed by atoms with E-state index in [9.17, 15) is 0 Å². The van der Waals surface area contributed by atoms with Crippen molar-refractivity contribution in [2.75, 3.05) is 6.26 Å². The molecule has 0 bridgehead atoms. The second-order valence-corrected chi connectivity index (χ2v) is 2.68. The zero-order valence-corrected chi connectivity index (χ0v) is 6.77. The van der Waals surface area contributed by atoms with E-state index in [-0.39, 0.29) is 0 Å². The number of rotatable bonds is 1. The molecule has 4 heteroatoms. The molecule has 0 aliphatic heterocycles. The van der Waals surface area contributed by atoms with Crippen molar-refractivity contribution in [1.29, 1.82) is 5.41 Å². The molecule has 10 heavy (non-hydrogen) atoms. The molecule has 0 fully saturated rings. The van der Waals surface area contributed by atoms with E-state index in [1.807, 2.05) is 24.1 Å². The topological polar surface area (TPSA) is 41.7 Å². The van der Waals surface area contributed by atoms with Gasteiger partial charge < -0.3 is 4.57 Å². The van der Waals surface area contributed by atoms with Crippen LogP contribution in [0, 0.1) is 5.41 Å². The third-order valence-corrected chi connectivity index (χ3v) is 1.90. The van der Waals surface area contributed by atoms with Gasteiger partial charge in [-0.15, -0.1) is 0 Å². The van der Waals surface area contributed by atoms with Crippen molar-refractivity contribution in [3.05, 3.63) is 17.8 Å². The standard InChI is InChI=1S/C6H9N3S/c1-9-4-3-5(7)8-6(9)10-2/h3-4,7H,1-2H3. The lowest BCUT2D eigenvalue weighted by Gasteiger charge is -2.01. The Morgan fingerprint density at radius 3 is 2.90 bits per heavy atom. The molecule has 0 atom stereocenters. The highest BCUT2D eigenvalue weighted by Crippen LogP contribution is 2.05. The molecule has 1 heterocycles. The summed E-state index contributed by atoms with van der Waals surface area (Å²) in [5.74, 6) is 0. The summed E-state index contributed by atoms with van der Waals surface area (Å²) in [5.41, 5.74) is 0.322. The number of aromatic nitrogens is 2. The highest BCUT2D eigenvalue weighted by Gasteiger charge is 1.92. The smallest absolute Gasteiger partial charge is 0.169 e. The Labute approximate surface area is 63.6 Å². The monoisotopic (exact) mass is 155 g/mol. The Bertz CT molecular complexity index is 279. The van der Waals surface area contributed by atoms with Crippen LogP contribution in [0.2, 0.25) is 0 Å². The SMILES string of the molecule is CSc1nc(=N)ccn1C. The molecule has 0 amide bonds. The van der Waals surface area contributed by atoms with Gasteiger partial charge >= 0.3 is 0 Å². The zero-order valence-electron chi connectivity index (χ0n) is 5.96. The van der Waals surface area contributed by atoms with Crippen molar-refractivity contribution in [1.82, 2.24) is 9.55 Å². The van der Waals surface area contributed by atoms with Crippen molar-refractivity contribution >= 4 is 11.8 Å². The van der Waals surface area contributed by atoms with Crippen LogP contribution >= 0.6 is 11.8 Å². The number of aryl methyl sites for hydroxylation is 1. The maximum atomic E-state index is 7.20. The summed E-state index contributed by atoms with van der Waals surface area (Å²) in [6.07, 6.45) is 3.78. The largest absolute Gasteiger partial charge is 0.330 e. The first-order valence-electron chi connectivity index (χ1n) is 2.86. The molecule has 0 unspecified atom stereocenters. The van der Waals surface area contributed by atoms with Crippen LogP contribution < -0.4 is 5.49 Å². The van der Waals surface area contributed by atoms with Gasteiger partial charge in [-0.3, -0.25) is 5.41 Å². The van der Waals surface area contributed by atoms with Gasteiger partial charge in [0, 0.05) is 13.2 Å². The molecule has 54 valence electrons. The van der Waals surface area contributed by atoms with E-state index in [2.05, 4.69) is 4.98 Å². The summed E-state index contributed by atoms with van der Waals surface area (Å²) in [6.45, 7) is 0. The molecule has 0 spiro atoms. The van der Waals surface area contributed by atoms with E-state index in [1.165, 1.54) is 0 Å². The minimum atomic E-state index is 0.322. The Morgan fingerprint density at radius 1 is 1.70 bits per heavy atom. The average molecular weight is 155 g/mol. The van der Waals surface area contributed by atoms with Gasteiger partial charge in [-0.2, -0.15) is 0 Å². The minimum absolute atomic E-state index is 0.322. The average Bonchev–Trinajstić information content (AvgIpc) is 1.94. The predicted octanol–water partition coefficient (Wildman–Crippen LogP) is 0.621. The Balaban J connectivity index is 3.22. The van der Waals surface area contributed by atoms with E-state index in [4.69, 9.17) is 5.41 Å². The molecule has 1 aromatic heterocycles. The van der Waals surface area contributed by atoms with Crippen molar-refractivity contribution in [2.45, 2.75) is 5.16 Å². The highest BCUT2D eigenvalue weighted by atomic mass is 32.2. The maximum Gasteiger partial charge on any atom is 0.169 e. The summed E-state index contributed by atoms with van der Waals surface area (Å²) >= 11 is 1.54. The molecule has 0 aliphatic rings. The summed E-state index contributed by atoms with van der Waals surface area (Å²) in [7, 11) is 1.91. The van der Waals surface area contributed by atoms with Gasteiger partial charge in [-0.05, 0) is 12.3 Å². The van der Waals surface area contributed by atoms with Crippen LogP contribution in [0.4, 0.5) is 0 Å². The number of hydrogen-bond donors (Lipinski definition) is 1. The quantitative estimate of drug-likeness (QED) is 0.477. The van der Waals surface area contributed by atoms with Crippen molar-refractivity contribution in [3.8, 4) is 0 Å². The van der Waals surface area contributed by atoms with Gasteiger partial charge in [0.15, 0.2) is 5.16 Å². The number of nitrogens with zero attached hydrogens (tertiary/aromatic N) is 2. The summed E-state index contributed by atoms with van der Waals surface area (Å²) < 4.78 is 1.89. The fraction of sp³-hybridized carbons (Fsp3) is 0.333. The lowest BCUT2D eigenvalue weighted by atomic mass is 10.6. The Kier molecular flexibility index (Phi) is 2.11. The molecular weight excluding hydrogens is 146 g/mol. The van der Waals surface area contributed by atoms with Crippen LogP contribution in [-0.4, -0.2) is 15.8 Å². The van der Waals surface area contributed by atoms with Crippen molar-refractivity contribution in [3.63, 3.8) is 0 Å². The van der Waals surface area contributed by atoms with Crippen LogP contribution in [0.15, 0.2) is 17.4 Å². The van der Waals surface area contributed by atoms with Gasteiger partial charge in [-0.25, -0.2) is 4.98 Å². The Hall–Kier alpha value is -0.770. The highest BCUT2D eigenvalue weighted by molar-refractivity contribution is 7.98. The molecule has 0 aliphatic carbocycles. The first-order chi connectivity index (χ1) is 4.74. The second kappa shape index (κ2) is 2.88. The normalized spacial score (nSPS) is 9.80. The fourth-order valence-corrected chi connectivity index (χ4v) is 1.19. The number of thioether (sulfide) groups is 1. The lowest BCUT2D eigenvalue weighted by molar-refractivity contribution is 0.718. The fourth-order valence-electron chi connectivity index (χ4n) is 0.655. The Morgan fingerprint density at radius 2 is 2.40 bits per heavy atom. The number of hydrogen-bond acceptors (Lipinski definition) is 3. The van der Waals surface area contributed by atoms with Gasteiger partial charge in [0.2, 0.25) is 0 Å². The third kappa shape index (κ3) is 1.39. The molecule has 0 saturated heterocycles.